The molecule has 1 aromatic carbocycles. The number of nitrogens with zero attached hydrogens (tertiary/aromatic N) is 2. The summed E-state index contributed by atoms with van der Waals surface area (Å²) in [6.45, 7) is 0.332. The first-order valence-corrected chi connectivity index (χ1v) is 12.7. The van der Waals surface area contributed by atoms with Gasteiger partial charge in [0.1, 0.15) is 5.82 Å². The van der Waals surface area contributed by atoms with E-state index in [9.17, 15) is 18.8 Å². The highest BCUT2D eigenvalue weighted by atomic mass is 35.5. The zero-order chi connectivity index (χ0) is 23.4. The monoisotopic (exact) mass is 477 g/mol. The van der Waals surface area contributed by atoms with Gasteiger partial charge in [-0.25, -0.2) is 9.18 Å². The van der Waals surface area contributed by atoms with Crippen LogP contribution in [0.4, 0.5) is 9.18 Å². The number of halogens is 2. The summed E-state index contributed by atoms with van der Waals surface area (Å²) in [6.07, 6.45) is 9.38. The number of unbranched alkanes of at least 4 members (excludes halogenated alkanes) is 1. The van der Waals surface area contributed by atoms with Crippen molar-refractivity contribution in [2.45, 2.75) is 89.3 Å². The average molecular weight is 478 g/mol. The molecule has 2 saturated carbocycles. The van der Waals surface area contributed by atoms with Gasteiger partial charge in [-0.3, -0.25) is 14.5 Å². The molecule has 4 amide bonds. The molecule has 1 aromatic rings. The van der Waals surface area contributed by atoms with Crippen molar-refractivity contribution in [3.8, 4) is 0 Å². The van der Waals surface area contributed by atoms with Gasteiger partial charge in [-0.1, -0.05) is 43.4 Å². The Balaban J connectivity index is 1.39. The van der Waals surface area contributed by atoms with Crippen LogP contribution in [0.5, 0.6) is 0 Å². The number of nitrogens with one attached hydrogen (secondary N) is 1. The van der Waals surface area contributed by atoms with Gasteiger partial charge in [0, 0.05) is 35.6 Å². The van der Waals surface area contributed by atoms with Gasteiger partial charge in [0.05, 0.1) is 12.5 Å². The van der Waals surface area contributed by atoms with Crippen LogP contribution in [0.2, 0.25) is 5.02 Å². The summed E-state index contributed by atoms with van der Waals surface area (Å²) in [7, 11) is 0. The number of rotatable bonds is 8. The van der Waals surface area contributed by atoms with Crippen LogP contribution in [0.1, 0.15) is 76.2 Å². The fourth-order valence-corrected chi connectivity index (χ4v) is 5.76. The van der Waals surface area contributed by atoms with Crippen molar-refractivity contribution in [1.82, 2.24) is 15.1 Å². The van der Waals surface area contributed by atoms with E-state index < -0.39 is 5.82 Å². The zero-order valence-corrected chi connectivity index (χ0v) is 19.8. The van der Waals surface area contributed by atoms with E-state index in [4.69, 9.17) is 11.6 Å². The second-order valence-electron chi connectivity index (χ2n) is 9.56. The minimum Gasteiger partial charge on any atom is -0.353 e. The Morgan fingerprint density at radius 3 is 2.55 bits per heavy atom. The largest absolute Gasteiger partial charge is 0.353 e. The fraction of sp³-hybridized carbons (Fsp3) is 0.640. The lowest BCUT2D eigenvalue weighted by Crippen LogP contribution is -2.62. The Morgan fingerprint density at radius 1 is 1.06 bits per heavy atom. The van der Waals surface area contributed by atoms with Crippen molar-refractivity contribution < 1.29 is 18.8 Å². The number of amides is 4. The first-order chi connectivity index (χ1) is 16.0. The fourth-order valence-electron chi connectivity index (χ4n) is 5.53. The molecule has 1 saturated heterocycles. The van der Waals surface area contributed by atoms with E-state index in [1.54, 1.807) is 17.0 Å². The van der Waals surface area contributed by atoms with Crippen LogP contribution >= 0.6 is 11.6 Å². The highest BCUT2D eigenvalue weighted by Gasteiger charge is 2.46. The molecule has 0 bridgehead atoms. The van der Waals surface area contributed by atoms with Crippen molar-refractivity contribution >= 4 is 29.4 Å². The third kappa shape index (κ3) is 5.51. The summed E-state index contributed by atoms with van der Waals surface area (Å²) in [5.74, 6) is -0.788. The van der Waals surface area contributed by atoms with Gasteiger partial charge in [-0.15, -0.1) is 0 Å². The number of urea groups is 1. The normalized spacial score (nSPS) is 23.7. The molecule has 2 aliphatic carbocycles. The molecule has 2 unspecified atom stereocenters. The Kier molecular flexibility index (Phi) is 7.89. The van der Waals surface area contributed by atoms with Crippen molar-refractivity contribution in [2.75, 3.05) is 6.54 Å². The predicted octanol–water partition coefficient (Wildman–Crippen LogP) is 5.03. The number of fused-ring (bicyclic) bond motifs is 1. The molecule has 4 rings (SSSR count). The van der Waals surface area contributed by atoms with Crippen LogP contribution in [0.15, 0.2) is 18.2 Å². The Labute approximate surface area is 199 Å². The van der Waals surface area contributed by atoms with E-state index in [2.05, 4.69) is 5.32 Å². The lowest BCUT2D eigenvalue weighted by Gasteiger charge is -2.47. The molecule has 3 aliphatic rings. The van der Waals surface area contributed by atoms with Gasteiger partial charge in [-0.05, 0) is 50.7 Å². The highest BCUT2D eigenvalue weighted by Crippen LogP contribution is 2.36. The maximum Gasteiger partial charge on any atom is 0.327 e. The van der Waals surface area contributed by atoms with Gasteiger partial charge in [0.15, 0.2) is 0 Å². The summed E-state index contributed by atoms with van der Waals surface area (Å²) < 4.78 is 14.5. The number of carbonyl (C=O) groups is 3. The minimum absolute atomic E-state index is 0.0429. The molecule has 0 spiro atoms. The maximum atomic E-state index is 14.5. The Morgan fingerprint density at radius 2 is 1.79 bits per heavy atom. The number of carbonyl (C=O) groups excluding carboxylic acids is 3. The van der Waals surface area contributed by atoms with Crippen molar-refractivity contribution in [1.29, 1.82) is 0 Å². The SMILES string of the molecule is O=C(CCCCN1C(=O)C2CCCCC2N(Cc2c(F)cccc2Cl)C1=O)NC1CCCC1. The molecule has 0 radical (unpaired) electrons. The summed E-state index contributed by atoms with van der Waals surface area (Å²) in [5, 5.41) is 3.36. The molecular weight excluding hydrogens is 445 g/mol. The number of hydrogen-bond donors (Lipinski definition) is 1. The smallest absolute Gasteiger partial charge is 0.327 e. The van der Waals surface area contributed by atoms with E-state index in [-0.39, 0.29) is 53.5 Å². The van der Waals surface area contributed by atoms with Crippen molar-refractivity contribution in [3.05, 3.63) is 34.6 Å². The average Bonchev–Trinajstić information content (AvgIpc) is 3.30. The van der Waals surface area contributed by atoms with Crippen molar-refractivity contribution in [2.24, 2.45) is 5.92 Å². The molecule has 1 aliphatic heterocycles. The van der Waals surface area contributed by atoms with Crippen molar-refractivity contribution in [3.63, 3.8) is 0 Å². The predicted molar refractivity (Wildman–Crippen MR) is 124 cm³/mol. The zero-order valence-electron chi connectivity index (χ0n) is 19.0. The van der Waals surface area contributed by atoms with E-state index in [0.717, 1.165) is 38.5 Å². The van der Waals surface area contributed by atoms with Crippen LogP contribution in [0.3, 0.4) is 0 Å². The molecule has 1 N–H and O–H groups in total. The first-order valence-electron chi connectivity index (χ1n) is 12.3. The summed E-state index contributed by atoms with van der Waals surface area (Å²) in [5.41, 5.74) is 0.287. The van der Waals surface area contributed by atoms with E-state index in [1.165, 1.54) is 23.8 Å². The molecule has 180 valence electrons. The summed E-state index contributed by atoms with van der Waals surface area (Å²) >= 11 is 6.23. The summed E-state index contributed by atoms with van der Waals surface area (Å²) in [4.78, 5) is 41.6. The van der Waals surface area contributed by atoms with Crippen LogP contribution in [0, 0.1) is 11.7 Å². The topological polar surface area (TPSA) is 69.7 Å². The van der Waals surface area contributed by atoms with Gasteiger partial charge < -0.3 is 10.2 Å². The lowest BCUT2D eigenvalue weighted by molar-refractivity contribution is -0.140. The Hall–Kier alpha value is -2.15. The number of imide groups is 1. The molecule has 3 fully saturated rings. The van der Waals surface area contributed by atoms with Gasteiger partial charge in [0.25, 0.3) is 0 Å². The van der Waals surface area contributed by atoms with E-state index in [1.807, 2.05) is 0 Å². The maximum absolute atomic E-state index is 14.5. The number of hydrogen-bond acceptors (Lipinski definition) is 3. The van der Waals surface area contributed by atoms with Gasteiger partial charge in [0.2, 0.25) is 11.8 Å². The van der Waals surface area contributed by atoms with Gasteiger partial charge >= 0.3 is 6.03 Å². The molecule has 33 heavy (non-hydrogen) atoms. The molecule has 1 heterocycles. The molecule has 8 heteroatoms. The number of benzene rings is 1. The minimum atomic E-state index is -0.445. The molecular formula is C25H33ClFN3O3. The van der Waals surface area contributed by atoms with Crippen LogP contribution < -0.4 is 5.32 Å². The summed E-state index contributed by atoms with van der Waals surface area (Å²) in [6, 6.07) is 4.20. The van der Waals surface area contributed by atoms with Crippen LogP contribution in [-0.2, 0) is 16.1 Å². The molecule has 2 atom stereocenters. The van der Waals surface area contributed by atoms with Gasteiger partial charge in [-0.2, -0.15) is 0 Å². The second kappa shape index (κ2) is 10.9. The second-order valence-corrected chi connectivity index (χ2v) is 9.97. The third-order valence-corrected chi connectivity index (χ3v) is 7.69. The lowest BCUT2D eigenvalue weighted by atomic mass is 9.81. The Bertz CT molecular complexity index is 869. The first kappa shape index (κ1) is 24.0. The highest BCUT2D eigenvalue weighted by molar-refractivity contribution is 6.31. The van der Waals surface area contributed by atoms with Crippen LogP contribution in [0.25, 0.3) is 0 Å². The third-order valence-electron chi connectivity index (χ3n) is 7.34. The standard InChI is InChI=1S/C25H33ClFN3O3/c26-20-11-7-12-21(27)19(20)16-30-22-13-4-3-10-18(22)24(32)29(25(30)33)15-6-5-14-23(31)28-17-8-1-2-9-17/h7,11-12,17-18,22H,1-6,8-10,13-16H2,(H,28,31). The molecule has 6 nitrogen and oxygen atoms in total. The van der Waals surface area contributed by atoms with E-state index in [0.29, 0.717) is 25.3 Å². The van der Waals surface area contributed by atoms with E-state index >= 15 is 0 Å². The van der Waals surface area contributed by atoms with Crippen LogP contribution in [-0.4, -0.2) is 46.3 Å². The molecule has 0 aromatic heterocycles. The quantitative estimate of drug-likeness (QED) is 0.534.